The molecule has 0 radical (unpaired) electrons. The van der Waals surface area contributed by atoms with Gasteiger partial charge in [-0.25, -0.2) is 14.5 Å². The molecular weight excluding hydrogens is 470 g/mol. The van der Waals surface area contributed by atoms with Gasteiger partial charge in [-0.1, -0.05) is 48.0 Å². The molecule has 7 heteroatoms. The number of hydrogen-bond donors (Lipinski definition) is 0. The normalized spacial score (nSPS) is 11.1. The van der Waals surface area contributed by atoms with Crippen molar-refractivity contribution in [3.8, 4) is 28.5 Å². The van der Waals surface area contributed by atoms with E-state index in [9.17, 15) is 4.79 Å². The fraction of sp³-hybridized carbons (Fsp3) is 0.0345. The largest absolute Gasteiger partial charge is 0.343 e. The van der Waals surface area contributed by atoms with Crippen LogP contribution in [0.4, 0.5) is 0 Å². The lowest BCUT2D eigenvalue weighted by atomic mass is 10.1. The van der Waals surface area contributed by atoms with Gasteiger partial charge in [-0.15, -0.1) is 0 Å². The number of nitrogens with zero attached hydrogens (tertiary/aromatic N) is 5. The summed E-state index contributed by atoms with van der Waals surface area (Å²) in [5.41, 5.74) is 4.61. The lowest BCUT2D eigenvalue weighted by molar-refractivity contribution is 0.812. The van der Waals surface area contributed by atoms with Crippen LogP contribution in [0.2, 0.25) is 5.02 Å². The zero-order valence-electron chi connectivity index (χ0n) is 19.1. The molecule has 36 heavy (non-hydrogen) atoms. The van der Waals surface area contributed by atoms with Crippen LogP contribution in [0.5, 0.6) is 0 Å². The van der Waals surface area contributed by atoms with E-state index in [0.717, 1.165) is 23.4 Å². The van der Waals surface area contributed by atoms with Gasteiger partial charge in [0.05, 0.1) is 15.9 Å². The minimum Gasteiger partial charge on any atom is -0.343 e. The van der Waals surface area contributed by atoms with Crippen LogP contribution in [0.25, 0.3) is 39.4 Å². The first-order valence-corrected chi connectivity index (χ1v) is 11.8. The van der Waals surface area contributed by atoms with E-state index in [1.807, 2.05) is 48.5 Å². The molecule has 0 aliphatic heterocycles. The van der Waals surface area contributed by atoms with Crippen LogP contribution in [0.1, 0.15) is 5.56 Å². The molecule has 4 aromatic heterocycles. The van der Waals surface area contributed by atoms with E-state index in [2.05, 4.69) is 38.9 Å². The number of benzene rings is 2. The monoisotopic (exact) mass is 489 g/mol. The van der Waals surface area contributed by atoms with Gasteiger partial charge in [-0.2, -0.15) is 0 Å². The van der Waals surface area contributed by atoms with Crippen LogP contribution in [0.15, 0.2) is 115 Å². The van der Waals surface area contributed by atoms with Gasteiger partial charge in [0.2, 0.25) is 0 Å². The maximum absolute atomic E-state index is 13.5. The summed E-state index contributed by atoms with van der Waals surface area (Å²) in [6.07, 6.45) is 7.21. The average Bonchev–Trinajstić information content (AvgIpc) is 3.38. The fourth-order valence-corrected chi connectivity index (χ4v) is 4.44. The van der Waals surface area contributed by atoms with Crippen LogP contribution in [0.3, 0.4) is 0 Å². The van der Waals surface area contributed by atoms with E-state index in [4.69, 9.17) is 16.6 Å². The lowest BCUT2D eigenvalue weighted by Crippen LogP contribution is -2.22. The topological polar surface area (TPSA) is 65.6 Å². The quantitative estimate of drug-likeness (QED) is 0.297. The van der Waals surface area contributed by atoms with Crippen molar-refractivity contribution >= 4 is 22.5 Å². The molecule has 6 aromatic rings. The number of para-hydroxylation sites is 1. The summed E-state index contributed by atoms with van der Waals surface area (Å²) in [5.74, 6) is 0.986. The van der Waals surface area contributed by atoms with Crippen molar-refractivity contribution in [2.45, 2.75) is 6.54 Å². The summed E-state index contributed by atoms with van der Waals surface area (Å²) in [6.45, 7) is 0.751. The third kappa shape index (κ3) is 4.08. The first-order chi connectivity index (χ1) is 17.7. The molecule has 0 bridgehead atoms. The number of pyridine rings is 2. The lowest BCUT2D eigenvalue weighted by Gasteiger charge is -2.14. The Morgan fingerprint density at radius 1 is 0.806 bits per heavy atom. The SMILES string of the molecule is O=c1c2ccccc2nc(-c2ccc(-c3cccn3Cc3ccncc3)cc2)n1-c1ccc(Cl)cn1. The van der Waals surface area contributed by atoms with E-state index in [1.165, 1.54) is 11.8 Å². The Morgan fingerprint density at radius 2 is 1.58 bits per heavy atom. The summed E-state index contributed by atoms with van der Waals surface area (Å²) < 4.78 is 3.74. The molecule has 0 spiro atoms. The summed E-state index contributed by atoms with van der Waals surface area (Å²) >= 11 is 6.05. The van der Waals surface area contributed by atoms with Crippen molar-refractivity contribution in [2.75, 3.05) is 0 Å². The van der Waals surface area contributed by atoms with Crippen LogP contribution in [-0.4, -0.2) is 24.1 Å². The molecule has 0 unspecified atom stereocenters. The summed E-state index contributed by atoms with van der Waals surface area (Å²) in [4.78, 5) is 26.9. The van der Waals surface area contributed by atoms with Crippen LogP contribution < -0.4 is 5.56 Å². The summed E-state index contributed by atoms with van der Waals surface area (Å²) in [5, 5.41) is 1.03. The zero-order chi connectivity index (χ0) is 24.5. The molecule has 6 nitrogen and oxygen atoms in total. The molecule has 0 atom stereocenters. The van der Waals surface area contributed by atoms with E-state index in [0.29, 0.717) is 27.6 Å². The zero-order valence-corrected chi connectivity index (χ0v) is 19.9. The van der Waals surface area contributed by atoms with Crippen LogP contribution in [-0.2, 0) is 6.54 Å². The van der Waals surface area contributed by atoms with Crippen molar-refractivity contribution in [1.82, 2.24) is 24.1 Å². The molecule has 0 aliphatic rings. The highest BCUT2D eigenvalue weighted by atomic mass is 35.5. The number of rotatable bonds is 5. The van der Waals surface area contributed by atoms with Gasteiger partial charge < -0.3 is 4.57 Å². The molecule has 174 valence electrons. The molecule has 2 aromatic carbocycles. The Labute approximate surface area is 212 Å². The highest BCUT2D eigenvalue weighted by Crippen LogP contribution is 2.27. The van der Waals surface area contributed by atoms with Crippen LogP contribution in [0, 0.1) is 0 Å². The second-order valence-corrected chi connectivity index (χ2v) is 8.82. The molecular formula is C29H20ClN5O. The Bertz CT molecular complexity index is 1720. The Hall–Kier alpha value is -4.55. The third-order valence-corrected chi connectivity index (χ3v) is 6.31. The van der Waals surface area contributed by atoms with Gasteiger partial charge in [0.15, 0.2) is 0 Å². The molecule has 0 saturated heterocycles. The number of aromatic nitrogens is 5. The fourth-order valence-electron chi connectivity index (χ4n) is 4.33. The highest BCUT2D eigenvalue weighted by molar-refractivity contribution is 6.30. The number of fused-ring (bicyclic) bond motifs is 1. The predicted molar refractivity (Wildman–Crippen MR) is 142 cm³/mol. The first-order valence-electron chi connectivity index (χ1n) is 11.5. The minimum absolute atomic E-state index is 0.180. The van der Waals surface area contributed by atoms with E-state index >= 15 is 0 Å². The molecule has 6 rings (SSSR count). The summed E-state index contributed by atoms with van der Waals surface area (Å²) in [6, 6.07) is 27.0. The van der Waals surface area contributed by atoms with Gasteiger partial charge in [-0.3, -0.25) is 9.78 Å². The molecule has 0 saturated carbocycles. The van der Waals surface area contributed by atoms with Crippen molar-refractivity contribution < 1.29 is 0 Å². The molecule has 0 aliphatic carbocycles. The Morgan fingerprint density at radius 3 is 2.36 bits per heavy atom. The molecule has 0 fully saturated rings. The standard InChI is InChI=1S/C29H20ClN5O/c30-23-11-12-27(32-18-23)35-28(33-25-5-2-1-4-24(25)29(35)36)22-9-7-21(8-10-22)26-6-3-17-34(26)19-20-13-15-31-16-14-20/h1-18H,19H2. The van der Waals surface area contributed by atoms with Gasteiger partial charge in [0.25, 0.3) is 5.56 Å². The van der Waals surface area contributed by atoms with Crippen molar-refractivity contribution in [1.29, 1.82) is 0 Å². The van der Waals surface area contributed by atoms with Gasteiger partial charge in [-0.05, 0) is 59.7 Å². The highest BCUT2D eigenvalue weighted by Gasteiger charge is 2.16. The van der Waals surface area contributed by atoms with Gasteiger partial charge in [0.1, 0.15) is 11.6 Å². The van der Waals surface area contributed by atoms with Gasteiger partial charge in [0, 0.05) is 42.6 Å². The molecule has 0 amide bonds. The maximum atomic E-state index is 13.5. The van der Waals surface area contributed by atoms with Crippen LogP contribution >= 0.6 is 11.6 Å². The molecule has 0 N–H and O–H groups in total. The van der Waals surface area contributed by atoms with Crippen molar-refractivity contribution in [3.63, 3.8) is 0 Å². The third-order valence-electron chi connectivity index (χ3n) is 6.09. The maximum Gasteiger partial charge on any atom is 0.267 e. The number of hydrogen-bond acceptors (Lipinski definition) is 4. The van der Waals surface area contributed by atoms with E-state index in [1.54, 1.807) is 35.2 Å². The van der Waals surface area contributed by atoms with Gasteiger partial charge >= 0.3 is 0 Å². The molecule has 4 heterocycles. The number of halogens is 1. The summed E-state index contributed by atoms with van der Waals surface area (Å²) in [7, 11) is 0. The Balaban J connectivity index is 1.44. The average molecular weight is 490 g/mol. The second kappa shape index (κ2) is 9.24. The van der Waals surface area contributed by atoms with E-state index in [-0.39, 0.29) is 5.56 Å². The minimum atomic E-state index is -0.180. The first kappa shape index (κ1) is 21.9. The second-order valence-electron chi connectivity index (χ2n) is 8.38. The smallest absolute Gasteiger partial charge is 0.267 e. The van der Waals surface area contributed by atoms with E-state index < -0.39 is 0 Å². The van der Waals surface area contributed by atoms with Crippen molar-refractivity contribution in [2.24, 2.45) is 0 Å². The predicted octanol–water partition coefficient (Wildman–Crippen LogP) is 6.01. The Kier molecular flexibility index (Phi) is 5.64. The van der Waals surface area contributed by atoms with Crippen molar-refractivity contribution in [3.05, 3.63) is 131 Å².